The van der Waals surface area contributed by atoms with Crippen LogP contribution in [0, 0.1) is 13.8 Å². The van der Waals surface area contributed by atoms with E-state index in [0.717, 1.165) is 22.3 Å². The van der Waals surface area contributed by atoms with Crippen LogP contribution in [-0.2, 0) is 16.2 Å². The number of anilines is 1. The molecule has 3 rings (SSSR count). The molecule has 0 fully saturated rings. The van der Waals surface area contributed by atoms with Crippen molar-refractivity contribution in [3.63, 3.8) is 0 Å². The number of ether oxygens (including phenoxy) is 1. The summed E-state index contributed by atoms with van der Waals surface area (Å²) in [6.07, 6.45) is 1.43. The van der Waals surface area contributed by atoms with Gasteiger partial charge in [-0.25, -0.2) is 5.43 Å². The highest BCUT2D eigenvalue weighted by molar-refractivity contribution is 6.39. The van der Waals surface area contributed by atoms with Gasteiger partial charge < -0.3 is 10.1 Å². The molecule has 0 saturated heterocycles. The van der Waals surface area contributed by atoms with Gasteiger partial charge in [-0.3, -0.25) is 9.59 Å². The van der Waals surface area contributed by atoms with E-state index in [1.165, 1.54) is 6.21 Å². The van der Waals surface area contributed by atoms with Crippen LogP contribution >= 0.6 is 23.2 Å². The molecule has 0 aliphatic rings. The fourth-order valence-electron chi connectivity index (χ4n) is 2.67. The summed E-state index contributed by atoms with van der Waals surface area (Å²) >= 11 is 12.0. The Bertz CT molecular complexity index is 1160. The van der Waals surface area contributed by atoms with E-state index < -0.39 is 11.8 Å². The molecule has 3 aromatic carbocycles. The normalized spacial score (nSPS) is 10.8. The average molecular weight is 470 g/mol. The molecular formula is C24H21Cl2N3O3. The van der Waals surface area contributed by atoms with E-state index in [0.29, 0.717) is 28.1 Å². The summed E-state index contributed by atoms with van der Waals surface area (Å²) in [6.45, 7) is 4.20. The number of hydrazone groups is 1. The second-order valence-electron chi connectivity index (χ2n) is 7.05. The highest BCUT2D eigenvalue weighted by Crippen LogP contribution is 2.22. The number of nitrogens with one attached hydrogen (secondary N) is 2. The van der Waals surface area contributed by atoms with Gasteiger partial charge in [0, 0.05) is 21.3 Å². The van der Waals surface area contributed by atoms with Crippen molar-refractivity contribution >= 4 is 46.9 Å². The summed E-state index contributed by atoms with van der Waals surface area (Å²) in [4.78, 5) is 23.9. The van der Waals surface area contributed by atoms with Gasteiger partial charge in [0.15, 0.2) is 0 Å². The molecule has 3 aromatic rings. The summed E-state index contributed by atoms with van der Waals surface area (Å²) < 4.78 is 5.72. The van der Waals surface area contributed by atoms with E-state index >= 15 is 0 Å². The lowest BCUT2D eigenvalue weighted by Gasteiger charge is -2.08. The molecule has 0 spiro atoms. The Balaban J connectivity index is 1.49. The predicted molar refractivity (Wildman–Crippen MR) is 128 cm³/mol. The van der Waals surface area contributed by atoms with Crippen LogP contribution in [0.1, 0.15) is 22.3 Å². The minimum absolute atomic E-state index is 0.301. The third-order valence-electron chi connectivity index (χ3n) is 4.64. The SMILES string of the molecule is Cc1ccc(NC(=O)C(=O)N/N=C/c2ccc(OCc3ccc(Cl)cc3Cl)cc2)cc1C. The van der Waals surface area contributed by atoms with Crippen molar-refractivity contribution in [3.8, 4) is 5.75 Å². The molecule has 0 saturated carbocycles. The first kappa shape index (κ1) is 23.3. The number of carbonyl (C=O) groups is 2. The fourth-order valence-corrected chi connectivity index (χ4v) is 3.14. The number of aryl methyl sites for hydroxylation is 2. The van der Waals surface area contributed by atoms with Crippen molar-refractivity contribution in [1.82, 2.24) is 5.43 Å². The van der Waals surface area contributed by atoms with Gasteiger partial charge in [-0.15, -0.1) is 0 Å². The zero-order chi connectivity index (χ0) is 23.1. The monoisotopic (exact) mass is 469 g/mol. The Morgan fingerprint density at radius 1 is 0.938 bits per heavy atom. The van der Waals surface area contributed by atoms with E-state index in [2.05, 4.69) is 15.8 Å². The van der Waals surface area contributed by atoms with Gasteiger partial charge in [0.2, 0.25) is 0 Å². The molecule has 0 bridgehead atoms. The van der Waals surface area contributed by atoms with Gasteiger partial charge in [-0.2, -0.15) is 5.10 Å². The molecule has 0 atom stereocenters. The van der Waals surface area contributed by atoms with Crippen LogP contribution in [-0.4, -0.2) is 18.0 Å². The lowest BCUT2D eigenvalue weighted by Crippen LogP contribution is -2.32. The lowest BCUT2D eigenvalue weighted by atomic mass is 10.1. The summed E-state index contributed by atoms with van der Waals surface area (Å²) in [6, 6.07) is 17.7. The first-order valence-corrected chi connectivity index (χ1v) is 10.5. The quantitative estimate of drug-likeness (QED) is 0.292. The van der Waals surface area contributed by atoms with Crippen LogP contribution in [0.25, 0.3) is 0 Å². The first-order valence-electron chi connectivity index (χ1n) is 9.70. The van der Waals surface area contributed by atoms with Crippen LogP contribution in [0.4, 0.5) is 5.69 Å². The molecule has 32 heavy (non-hydrogen) atoms. The minimum atomic E-state index is -0.862. The molecule has 8 heteroatoms. The second-order valence-corrected chi connectivity index (χ2v) is 7.89. The van der Waals surface area contributed by atoms with Crippen molar-refractivity contribution in [2.75, 3.05) is 5.32 Å². The summed E-state index contributed by atoms with van der Waals surface area (Å²) in [7, 11) is 0. The van der Waals surface area contributed by atoms with Gasteiger partial charge in [-0.05, 0) is 79.1 Å². The number of hydrogen-bond donors (Lipinski definition) is 2. The van der Waals surface area contributed by atoms with E-state index in [1.807, 2.05) is 26.0 Å². The number of hydrogen-bond acceptors (Lipinski definition) is 4. The van der Waals surface area contributed by atoms with E-state index in [4.69, 9.17) is 27.9 Å². The zero-order valence-electron chi connectivity index (χ0n) is 17.5. The topological polar surface area (TPSA) is 79.8 Å². The molecule has 0 aliphatic heterocycles. The number of nitrogens with zero attached hydrogens (tertiary/aromatic N) is 1. The van der Waals surface area contributed by atoms with Gasteiger partial charge in [-0.1, -0.05) is 35.3 Å². The molecular weight excluding hydrogens is 449 g/mol. The number of amides is 2. The van der Waals surface area contributed by atoms with Crippen molar-refractivity contribution in [3.05, 3.63) is 93.0 Å². The standard InChI is InChI=1S/C24H21Cl2N3O3/c1-15-3-8-20(11-16(15)2)28-23(30)24(31)29-27-13-17-4-9-21(10-5-17)32-14-18-6-7-19(25)12-22(18)26/h3-13H,14H2,1-2H3,(H,28,30)(H,29,31)/b27-13+. The maximum Gasteiger partial charge on any atom is 0.329 e. The molecule has 164 valence electrons. The fraction of sp³-hybridized carbons (Fsp3) is 0.125. The smallest absolute Gasteiger partial charge is 0.329 e. The predicted octanol–water partition coefficient (Wildman–Crippen LogP) is 5.28. The molecule has 2 N–H and O–H groups in total. The van der Waals surface area contributed by atoms with Gasteiger partial charge in [0.1, 0.15) is 12.4 Å². The van der Waals surface area contributed by atoms with E-state index in [-0.39, 0.29) is 0 Å². The molecule has 6 nitrogen and oxygen atoms in total. The van der Waals surface area contributed by atoms with Gasteiger partial charge >= 0.3 is 11.8 Å². The Morgan fingerprint density at radius 2 is 1.69 bits per heavy atom. The van der Waals surface area contributed by atoms with Crippen molar-refractivity contribution < 1.29 is 14.3 Å². The van der Waals surface area contributed by atoms with Crippen LogP contribution in [0.2, 0.25) is 10.0 Å². The Labute approximate surface area is 196 Å². The Kier molecular flexibility index (Phi) is 7.87. The van der Waals surface area contributed by atoms with Crippen LogP contribution in [0.5, 0.6) is 5.75 Å². The van der Waals surface area contributed by atoms with Crippen molar-refractivity contribution in [2.24, 2.45) is 5.10 Å². The largest absolute Gasteiger partial charge is 0.489 e. The average Bonchev–Trinajstić information content (AvgIpc) is 2.76. The third kappa shape index (κ3) is 6.57. The van der Waals surface area contributed by atoms with E-state index in [1.54, 1.807) is 48.5 Å². The summed E-state index contributed by atoms with van der Waals surface area (Å²) in [5.74, 6) is -1.01. The Hall–Kier alpha value is -3.35. The van der Waals surface area contributed by atoms with Crippen molar-refractivity contribution in [1.29, 1.82) is 0 Å². The number of carbonyl (C=O) groups excluding carboxylic acids is 2. The zero-order valence-corrected chi connectivity index (χ0v) is 19.0. The molecule has 0 aromatic heterocycles. The number of benzene rings is 3. The number of halogens is 2. The molecule has 2 amide bonds. The highest BCUT2D eigenvalue weighted by Gasteiger charge is 2.13. The molecule has 0 aliphatic carbocycles. The maximum absolute atomic E-state index is 12.0. The second kappa shape index (κ2) is 10.8. The van der Waals surface area contributed by atoms with Crippen molar-refractivity contribution in [2.45, 2.75) is 20.5 Å². The molecule has 0 radical (unpaired) electrons. The van der Waals surface area contributed by atoms with Crippen LogP contribution < -0.4 is 15.5 Å². The maximum atomic E-state index is 12.0. The molecule has 0 unspecified atom stereocenters. The lowest BCUT2D eigenvalue weighted by molar-refractivity contribution is -0.136. The number of rotatable bonds is 6. The van der Waals surface area contributed by atoms with Gasteiger partial charge in [0.25, 0.3) is 0 Å². The third-order valence-corrected chi connectivity index (χ3v) is 5.23. The highest BCUT2D eigenvalue weighted by atomic mass is 35.5. The first-order chi connectivity index (χ1) is 15.3. The van der Waals surface area contributed by atoms with Crippen LogP contribution in [0.3, 0.4) is 0 Å². The van der Waals surface area contributed by atoms with Crippen LogP contribution in [0.15, 0.2) is 65.8 Å². The Morgan fingerprint density at radius 3 is 2.38 bits per heavy atom. The molecule has 0 heterocycles. The minimum Gasteiger partial charge on any atom is -0.489 e. The summed E-state index contributed by atoms with van der Waals surface area (Å²) in [5.41, 5.74) is 6.42. The summed E-state index contributed by atoms with van der Waals surface area (Å²) in [5, 5.41) is 7.47. The van der Waals surface area contributed by atoms with E-state index in [9.17, 15) is 9.59 Å². The van der Waals surface area contributed by atoms with Gasteiger partial charge in [0.05, 0.1) is 6.21 Å².